The summed E-state index contributed by atoms with van der Waals surface area (Å²) in [6, 6.07) is 16.0. The van der Waals surface area contributed by atoms with Gasteiger partial charge < -0.3 is 4.74 Å². The molecule has 3 aromatic rings. The van der Waals surface area contributed by atoms with Crippen LogP contribution in [0.2, 0.25) is 0 Å². The van der Waals surface area contributed by atoms with Gasteiger partial charge in [0.25, 0.3) is 0 Å². The van der Waals surface area contributed by atoms with Gasteiger partial charge in [0.2, 0.25) is 10.0 Å². The smallest absolute Gasteiger partial charge is 0.350 e. The summed E-state index contributed by atoms with van der Waals surface area (Å²) in [6.45, 7) is 2.88. The Hall–Kier alpha value is -2.91. The van der Waals surface area contributed by atoms with E-state index in [2.05, 4.69) is 5.10 Å². The number of para-hydroxylation sites is 2. The predicted octanol–water partition coefficient (Wildman–Crippen LogP) is 2.54. The first-order chi connectivity index (χ1) is 14.9. The molecule has 1 aliphatic heterocycles. The van der Waals surface area contributed by atoms with Crippen LogP contribution in [0.5, 0.6) is 5.75 Å². The van der Waals surface area contributed by atoms with Gasteiger partial charge in [-0.25, -0.2) is 22.5 Å². The average Bonchev–Trinajstić information content (AvgIpc) is 3.09. The van der Waals surface area contributed by atoms with Crippen LogP contribution in [0, 0.1) is 0 Å². The zero-order valence-corrected chi connectivity index (χ0v) is 18.5. The van der Waals surface area contributed by atoms with Crippen molar-refractivity contribution in [3.8, 4) is 11.4 Å². The van der Waals surface area contributed by atoms with Gasteiger partial charge in [0, 0.05) is 26.1 Å². The minimum Gasteiger partial charge on any atom is -0.492 e. The Balaban J connectivity index is 1.70. The topological polar surface area (TPSA) is 86.4 Å². The quantitative estimate of drug-likeness (QED) is 0.586. The lowest BCUT2D eigenvalue weighted by atomic mass is 9.98. The largest absolute Gasteiger partial charge is 0.492 e. The maximum atomic E-state index is 13.4. The SMILES string of the molecule is CCOc1ccccc1S(=O)(=O)N1CCCC(c2nn(C)c(=O)n2-c2ccccc2)C1. The van der Waals surface area contributed by atoms with Gasteiger partial charge in [0.05, 0.1) is 12.3 Å². The van der Waals surface area contributed by atoms with E-state index in [4.69, 9.17) is 4.74 Å². The Labute approximate surface area is 181 Å². The summed E-state index contributed by atoms with van der Waals surface area (Å²) >= 11 is 0. The molecule has 1 aromatic heterocycles. The zero-order chi connectivity index (χ0) is 22.0. The third kappa shape index (κ3) is 4.03. The Morgan fingerprint density at radius 3 is 2.55 bits per heavy atom. The molecule has 9 heteroatoms. The highest BCUT2D eigenvalue weighted by molar-refractivity contribution is 7.89. The van der Waals surface area contributed by atoms with E-state index >= 15 is 0 Å². The second-order valence-corrected chi connectivity index (χ2v) is 9.42. The molecular weight excluding hydrogens is 416 g/mol. The molecule has 1 unspecified atom stereocenters. The van der Waals surface area contributed by atoms with E-state index < -0.39 is 10.0 Å². The highest BCUT2D eigenvalue weighted by atomic mass is 32.2. The van der Waals surface area contributed by atoms with E-state index in [0.29, 0.717) is 31.1 Å². The van der Waals surface area contributed by atoms with Gasteiger partial charge in [0.1, 0.15) is 16.5 Å². The summed E-state index contributed by atoms with van der Waals surface area (Å²) in [5, 5.41) is 4.47. The van der Waals surface area contributed by atoms with Crippen LogP contribution in [0.25, 0.3) is 5.69 Å². The maximum Gasteiger partial charge on any atom is 0.350 e. The van der Waals surface area contributed by atoms with Crippen LogP contribution in [-0.4, -0.2) is 46.8 Å². The van der Waals surface area contributed by atoms with E-state index in [9.17, 15) is 13.2 Å². The minimum absolute atomic E-state index is 0.166. The number of hydrogen-bond donors (Lipinski definition) is 0. The van der Waals surface area contributed by atoms with Gasteiger partial charge in [-0.3, -0.25) is 0 Å². The third-order valence-electron chi connectivity index (χ3n) is 5.48. The number of benzene rings is 2. The number of nitrogens with zero attached hydrogens (tertiary/aromatic N) is 4. The third-order valence-corrected chi connectivity index (χ3v) is 7.38. The molecule has 0 saturated carbocycles. The molecule has 1 saturated heterocycles. The lowest BCUT2D eigenvalue weighted by Crippen LogP contribution is -2.40. The molecule has 0 spiro atoms. The minimum atomic E-state index is -3.75. The molecule has 164 valence electrons. The summed E-state index contributed by atoms with van der Waals surface area (Å²) in [7, 11) is -2.14. The number of rotatable bonds is 6. The van der Waals surface area contributed by atoms with Crippen LogP contribution in [0.15, 0.2) is 64.3 Å². The van der Waals surface area contributed by atoms with Crippen molar-refractivity contribution >= 4 is 10.0 Å². The summed E-state index contributed by atoms with van der Waals surface area (Å²) in [5.74, 6) is 0.736. The highest BCUT2D eigenvalue weighted by Gasteiger charge is 2.35. The Bertz CT molecular complexity index is 1220. The fourth-order valence-corrected chi connectivity index (χ4v) is 5.67. The first-order valence-electron chi connectivity index (χ1n) is 10.4. The van der Waals surface area contributed by atoms with Crippen molar-refractivity contribution < 1.29 is 13.2 Å². The Morgan fingerprint density at radius 1 is 1.10 bits per heavy atom. The van der Waals surface area contributed by atoms with E-state index in [1.165, 1.54) is 8.99 Å². The monoisotopic (exact) mass is 442 g/mol. The molecule has 1 aliphatic rings. The van der Waals surface area contributed by atoms with Crippen molar-refractivity contribution in [2.45, 2.75) is 30.6 Å². The van der Waals surface area contributed by atoms with Crippen molar-refractivity contribution in [1.29, 1.82) is 0 Å². The molecular formula is C22H26N4O4S. The fourth-order valence-electron chi connectivity index (χ4n) is 4.02. The number of sulfonamides is 1. The van der Waals surface area contributed by atoms with Crippen LogP contribution < -0.4 is 10.4 Å². The van der Waals surface area contributed by atoms with Crippen LogP contribution in [0.3, 0.4) is 0 Å². The second-order valence-electron chi connectivity index (χ2n) is 7.52. The highest BCUT2D eigenvalue weighted by Crippen LogP contribution is 2.33. The van der Waals surface area contributed by atoms with Crippen LogP contribution >= 0.6 is 0 Å². The number of ether oxygens (including phenoxy) is 1. The molecule has 1 atom stereocenters. The molecule has 1 fully saturated rings. The van der Waals surface area contributed by atoms with E-state index in [-0.39, 0.29) is 23.0 Å². The molecule has 31 heavy (non-hydrogen) atoms. The molecule has 4 rings (SSSR count). The summed E-state index contributed by atoms with van der Waals surface area (Å²) in [5.41, 5.74) is 0.472. The maximum absolute atomic E-state index is 13.4. The molecule has 0 bridgehead atoms. The zero-order valence-electron chi connectivity index (χ0n) is 17.6. The van der Waals surface area contributed by atoms with Gasteiger partial charge in [-0.05, 0) is 44.0 Å². The standard InChI is InChI=1S/C22H26N4O4S/c1-3-30-19-13-7-8-14-20(19)31(28,29)25-15-9-10-17(16-25)21-23-24(2)22(27)26(21)18-11-5-4-6-12-18/h4-8,11-14,17H,3,9-10,15-16H2,1-2H3. The first kappa shape index (κ1) is 21.3. The summed E-state index contributed by atoms with van der Waals surface area (Å²) in [4.78, 5) is 12.9. The second kappa shape index (κ2) is 8.68. The normalized spacial score (nSPS) is 17.5. The number of piperidine rings is 1. The molecule has 0 aliphatic carbocycles. The number of aryl methyl sites for hydroxylation is 1. The van der Waals surface area contributed by atoms with Gasteiger partial charge >= 0.3 is 5.69 Å². The van der Waals surface area contributed by atoms with Gasteiger partial charge in [-0.2, -0.15) is 9.40 Å². The summed E-state index contributed by atoms with van der Waals surface area (Å²) in [6.07, 6.45) is 1.43. The fraction of sp³-hybridized carbons (Fsp3) is 0.364. The Morgan fingerprint density at radius 2 is 1.81 bits per heavy atom. The van der Waals surface area contributed by atoms with Crippen molar-refractivity contribution in [2.24, 2.45) is 7.05 Å². The first-order valence-corrected chi connectivity index (χ1v) is 11.8. The number of hydrogen-bond acceptors (Lipinski definition) is 5. The molecule has 8 nitrogen and oxygen atoms in total. The number of aromatic nitrogens is 3. The molecule has 2 heterocycles. The van der Waals surface area contributed by atoms with E-state index in [1.807, 2.05) is 37.3 Å². The average molecular weight is 443 g/mol. The van der Waals surface area contributed by atoms with Crippen molar-refractivity contribution in [2.75, 3.05) is 19.7 Å². The van der Waals surface area contributed by atoms with Gasteiger partial charge in [-0.1, -0.05) is 30.3 Å². The molecule has 0 radical (unpaired) electrons. The van der Waals surface area contributed by atoms with Gasteiger partial charge in [-0.15, -0.1) is 0 Å². The lowest BCUT2D eigenvalue weighted by molar-refractivity contribution is 0.301. The predicted molar refractivity (Wildman–Crippen MR) is 117 cm³/mol. The molecule has 0 amide bonds. The van der Waals surface area contributed by atoms with Crippen molar-refractivity contribution in [1.82, 2.24) is 18.7 Å². The van der Waals surface area contributed by atoms with Gasteiger partial charge in [0.15, 0.2) is 0 Å². The van der Waals surface area contributed by atoms with E-state index in [1.54, 1.807) is 35.9 Å². The molecule has 0 N–H and O–H groups in total. The van der Waals surface area contributed by atoms with Crippen molar-refractivity contribution in [3.63, 3.8) is 0 Å². The summed E-state index contributed by atoms with van der Waals surface area (Å²) < 4.78 is 36.8. The lowest BCUT2D eigenvalue weighted by Gasteiger charge is -2.31. The molecule has 2 aromatic carbocycles. The van der Waals surface area contributed by atoms with Crippen LogP contribution in [-0.2, 0) is 17.1 Å². The van der Waals surface area contributed by atoms with Crippen LogP contribution in [0.4, 0.5) is 0 Å². The van der Waals surface area contributed by atoms with Crippen LogP contribution in [0.1, 0.15) is 31.5 Å². The Kier molecular flexibility index (Phi) is 5.97. The van der Waals surface area contributed by atoms with E-state index in [0.717, 1.165) is 12.1 Å². The van der Waals surface area contributed by atoms with Crippen molar-refractivity contribution in [3.05, 3.63) is 70.9 Å².